The molecule has 0 radical (unpaired) electrons. The molecule has 0 amide bonds. The van der Waals surface area contributed by atoms with Crippen LogP contribution in [0.2, 0.25) is 10.0 Å². The van der Waals surface area contributed by atoms with Crippen LogP contribution >= 0.6 is 23.2 Å². The monoisotopic (exact) mass is 389 g/mol. The van der Waals surface area contributed by atoms with E-state index in [-0.39, 0.29) is 6.61 Å². The Hall–Kier alpha value is -1.75. The summed E-state index contributed by atoms with van der Waals surface area (Å²) in [6, 6.07) is 13.7. The minimum Gasteiger partial charge on any atom is -0.396 e. The molecular formula is C20H21Cl2N3O. The summed E-state index contributed by atoms with van der Waals surface area (Å²) in [4.78, 5) is 7.17. The van der Waals surface area contributed by atoms with E-state index in [1.807, 2.05) is 30.3 Å². The molecule has 4 rings (SSSR count). The predicted molar refractivity (Wildman–Crippen MR) is 107 cm³/mol. The Morgan fingerprint density at radius 2 is 2.00 bits per heavy atom. The average molecular weight is 390 g/mol. The molecule has 0 spiro atoms. The molecule has 1 aromatic heterocycles. The Kier molecular flexibility index (Phi) is 5.07. The SMILES string of the molecule is OC[C@@H]1CCCN(c2nc3ccccc3n2Cc2cc(Cl)ccc2Cl)C1. The molecule has 0 unspecified atom stereocenters. The Balaban J connectivity index is 1.78. The zero-order valence-corrected chi connectivity index (χ0v) is 15.9. The zero-order valence-electron chi connectivity index (χ0n) is 14.4. The number of halogens is 2. The number of para-hydroxylation sites is 2. The molecule has 2 heterocycles. The number of nitrogens with zero attached hydrogens (tertiary/aromatic N) is 3. The number of aliphatic hydroxyl groups excluding tert-OH is 1. The molecule has 1 aliphatic heterocycles. The van der Waals surface area contributed by atoms with Crippen molar-refractivity contribution in [1.82, 2.24) is 9.55 Å². The van der Waals surface area contributed by atoms with Crippen molar-refractivity contribution in [1.29, 1.82) is 0 Å². The molecule has 1 N–H and O–H groups in total. The molecule has 2 aromatic carbocycles. The van der Waals surface area contributed by atoms with Gasteiger partial charge in [-0.05, 0) is 54.7 Å². The quantitative estimate of drug-likeness (QED) is 0.708. The number of aliphatic hydroxyl groups is 1. The first-order valence-corrected chi connectivity index (χ1v) is 9.66. The molecule has 6 heteroatoms. The molecule has 26 heavy (non-hydrogen) atoms. The second-order valence-corrected chi connectivity index (χ2v) is 7.70. The van der Waals surface area contributed by atoms with Crippen molar-refractivity contribution in [2.75, 3.05) is 24.6 Å². The molecule has 1 fully saturated rings. The lowest BCUT2D eigenvalue weighted by Gasteiger charge is -2.33. The van der Waals surface area contributed by atoms with E-state index < -0.39 is 0 Å². The Labute approximate surface area is 163 Å². The van der Waals surface area contributed by atoms with Gasteiger partial charge in [0.1, 0.15) is 0 Å². The van der Waals surface area contributed by atoms with E-state index in [9.17, 15) is 5.11 Å². The van der Waals surface area contributed by atoms with E-state index in [0.29, 0.717) is 22.5 Å². The number of anilines is 1. The zero-order chi connectivity index (χ0) is 18.1. The van der Waals surface area contributed by atoms with Gasteiger partial charge in [0, 0.05) is 29.7 Å². The number of piperidine rings is 1. The number of fused-ring (bicyclic) bond motifs is 1. The second kappa shape index (κ2) is 7.47. The van der Waals surface area contributed by atoms with Crippen LogP contribution in [0.1, 0.15) is 18.4 Å². The maximum Gasteiger partial charge on any atom is 0.206 e. The lowest BCUT2D eigenvalue weighted by molar-refractivity contribution is 0.208. The summed E-state index contributed by atoms with van der Waals surface area (Å²) in [6.07, 6.45) is 2.12. The topological polar surface area (TPSA) is 41.3 Å². The van der Waals surface area contributed by atoms with Gasteiger partial charge in [-0.1, -0.05) is 35.3 Å². The molecule has 0 bridgehead atoms. The van der Waals surface area contributed by atoms with E-state index in [0.717, 1.165) is 48.5 Å². The van der Waals surface area contributed by atoms with Crippen LogP contribution in [-0.4, -0.2) is 34.4 Å². The van der Waals surface area contributed by atoms with Gasteiger partial charge in [0.2, 0.25) is 5.95 Å². The molecule has 1 aliphatic rings. The largest absolute Gasteiger partial charge is 0.396 e. The van der Waals surface area contributed by atoms with Crippen LogP contribution in [0, 0.1) is 5.92 Å². The third-order valence-corrected chi connectivity index (χ3v) is 5.63. The van der Waals surface area contributed by atoms with Crippen LogP contribution in [0.3, 0.4) is 0 Å². The maximum absolute atomic E-state index is 9.58. The molecule has 0 aliphatic carbocycles. The molecule has 0 saturated carbocycles. The van der Waals surface area contributed by atoms with Crippen molar-refractivity contribution in [2.45, 2.75) is 19.4 Å². The van der Waals surface area contributed by atoms with Crippen LogP contribution in [0.15, 0.2) is 42.5 Å². The van der Waals surface area contributed by atoms with Gasteiger partial charge in [-0.25, -0.2) is 4.98 Å². The standard InChI is InChI=1S/C20H21Cl2N3O/c21-16-7-8-17(22)15(10-16)12-25-19-6-2-1-5-18(19)23-20(25)24-9-3-4-14(11-24)13-26/h1-2,5-8,10,14,26H,3-4,9,11-13H2/t14-/m1/s1. The average Bonchev–Trinajstić information content (AvgIpc) is 3.03. The van der Waals surface area contributed by atoms with Gasteiger partial charge in [0.15, 0.2) is 0 Å². The lowest BCUT2D eigenvalue weighted by atomic mass is 9.99. The molecule has 136 valence electrons. The Bertz CT molecular complexity index is 925. The van der Waals surface area contributed by atoms with E-state index in [4.69, 9.17) is 28.2 Å². The highest BCUT2D eigenvalue weighted by molar-refractivity contribution is 6.33. The van der Waals surface area contributed by atoms with Gasteiger partial charge in [0.25, 0.3) is 0 Å². The summed E-state index contributed by atoms with van der Waals surface area (Å²) in [5.74, 6) is 1.23. The lowest BCUT2D eigenvalue weighted by Crippen LogP contribution is -2.38. The number of rotatable bonds is 4. The first kappa shape index (κ1) is 17.7. The van der Waals surface area contributed by atoms with E-state index in [2.05, 4.69) is 15.5 Å². The van der Waals surface area contributed by atoms with Crippen LogP contribution in [-0.2, 0) is 6.54 Å². The smallest absolute Gasteiger partial charge is 0.206 e. The predicted octanol–water partition coefficient (Wildman–Crippen LogP) is 4.60. The van der Waals surface area contributed by atoms with Crippen molar-refractivity contribution in [3.63, 3.8) is 0 Å². The van der Waals surface area contributed by atoms with Gasteiger partial charge >= 0.3 is 0 Å². The highest BCUT2D eigenvalue weighted by Gasteiger charge is 2.24. The van der Waals surface area contributed by atoms with Crippen molar-refractivity contribution < 1.29 is 5.11 Å². The number of aromatic nitrogens is 2. The first-order chi connectivity index (χ1) is 12.7. The highest BCUT2D eigenvalue weighted by Crippen LogP contribution is 2.30. The molecule has 1 atom stereocenters. The molecular weight excluding hydrogens is 369 g/mol. The van der Waals surface area contributed by atoms with E-state index in [1.165, 1.54) is 0 Å². The van der Waals surface area contributed by atoms with Crippen molar-refractivity contribution in [3.8, 4) is 0 Å². The third kappa shape index (κ3) is 3.41. The molecule has 4 nitrogen and oxygen atoms in total. The first-order valence-electron chi connectivity index (χ1n) is 8.90. The van der Waals surface area contributed by atoms with Gasteiger partial charge in [0.05, 0.1) is 17.6 Å². The minimum absolute atomic E-state index is 0.219. The van der Waals surface area contributed by atoms with Crippen molar-refractivity contribution >= 4 is 40.2 Å². The van der Waals surface area contributed by atoms with E-state index >= 15 is 0 Å². The van der Waals surface area contributed by atoms with Gasteiger partial charge < -0.3 is 14.6 Å². The summed E-state index contributed by atoms with van der Waals surface area (Å²) >= 11 is 12.6. The van der Waals surface area contributed by atoms with Crippen molar-refractivity contribution in [3.05, 3.63) is 58.1 Å². The third-order valence-electron chi connectivity index (χ3n) is 5.03. The van der Waals surface area contributed by atoms with Crippen LogP contribution < -0.4 is 4.90 Å². The summed E-state index contributed by atoms with van der Waals surface area (Å²) < 4.78 is 2.20. The number of imidazole rings is 1. The second-order valence-electron chi connectivity index (χ2n) is 6.86. The van der Waals surface area contributed by atoms with Crippen LogP contribution in [0.25, 0.3) is 11.0 Å². The van der Waals surface area contributed by atoms with Crippen molar-refractivity contribution in [2.24, 2.45) is 5.92 Å². The number of benzene rings is 2. The van der Waals surface area contributed by atoms with Gasteiger partial charge in [-0.15, -0.1) is 0 Å². The summed E-state index contributed by atoms with van der Waals surface area (Å²) in [6.45, 7) is 2.60. The molecule has 1 saturated heterocycles. The fourth-order valence-electron chi connectivity index (χ4n) is 3.69. The fraction of sp³-hybridized carbons (Fsp3) is 0.350. The number of hydrogen-bond acceptors (Lipinski definition) is 3. The summed E-state index contributed by atoms with van der Waals surface area (Å²) in [7, 11) is 0. The minimum atomic E-state index is 0.219. The Morgan fingerprint density at radius 1 is 1.15 bits per heavy atom. The number of hydrogen-bond donors (Lipinski definition) is 1. The maximum atomic E-state index is 9.58. The van der Waals surface area contributed by atoms with Crippen LogP contribution in [0.4, 0.5) is 5.95 Å². The van der Waals surface area contributed by atoms with E-state index in [1.54, 1.807) is 6.07 Å². The van der Waals surface area contributed by atoms with Gasteiger partial charge in [-0.2, -0.15) is 0 Å². The Morgan fingerprint density at radius 3 is 2.85 bits per heavy atom. The normalized spacial score (nSPS) is 17.8. The van der Waals surface area contributed by atoms with Gasteiger partial charge in [-0.3, -0.25) is 0 Å². The fourth-order valence-corrected chi connectivity index (χ4v) is 4.06. The highest BCUT2D eigenvalue weighted by atomic mass is 35.5. The summed E-state index contributed by atoms with van der Waals surface area (Å²) in [5.41, 5.74) is 3.01. The summed E-state index contributed by atoms with van der Waals surface area (Å²) in [5, 5.41) is 11.0. The molecule has 3 aromatic rings. The van der Waals surface area contributed by atoms with Crippen LogP contribution in [0.5, 0.6) is 0 Å².